The van der Waals surface area contributed by atoms with E-state index in [9.17, 15) is 4.79 Å². The average molecular weight is 686 g/mol. The smallest absolute Gasteiger partial charge is 0.407 e. The predicted octanol–water partition coefficient (Wildman–Crippen LogP) is 8.33. The second-order valence-corrected chi connectivity index (χ2v) is 19.9. The zero-order valence-electron chi connectivity index (χ0n) is 27.7. The number of amides is 1. The number of aryl methyl sites for hydroxylation is 1. The van der Waals surface area contributed by atoms with E-state index in [1.165, 1.54) is 0 Å². The molecule has 3 aromatic rings. The molecule has 9 nitrogen and oxygen atoms in total. The highest BCUT2D eigenvalue weighted by molar-refractivity contribution is 9.10. The summed E-state index contributed by atoms with van der Waals surface area (Å²) >= 11 is 3.60. The number of nitrogens with one attached hydrogen (secondary N) is 2. The largest absolute Gasteiger partial charge is 0.543 e. The summed E-state index contributed by atoms with van der Waals surface area (Å²) in [5.74, 6) is 1.28. The van der Waals surface area contributed by atoms with Crippen LogP contribution in [-0.4, -0.2) is 47.5 Å². The highest BCUT2D eigenvalue weighted by Crippen LogP contribution is 2.38. The van der Waals surface area contributed by atoms with Gasteiger partial charge in [-0.1, -0.05) is 27.7 Å². The summed E-state index contributed by atoms with van der Waals surface area (Å²) in [7, 11) is -1.97. The number of alkyl carbamates (subject to hydrolysis) is 1. The van der Waals surface area contributed by atoms with Crippen LogP contribution in [0.25, 0.3) is 5.52 Å². The van der Waals surface area contributed by atoms with Gasteiger partial charge in [0.2, 0.25) is 8.32 Å². The number of amidine groups is 1. The molecule has 1 aliphatic carbocycles. The van der Waals surface area contributed by atoms with Gasteiger partial charge in [0.15, 0.2) is 0 Å². The third-order valence-electron chi connectivity index (χ3n) is 8.53. The summed E-state index contributed by atoms with van der Waals surface area (Å²) < 4.78 is 14.8. The maximum atomic E-state index is 12.3. The maximum Gasteiger partial charge on any atom is 0.407 e. The molecule has 1 aromatic carbocycles. The zero-order chi connectivity index (χ0) is 32.4. The number of benzene rings is 1. The zero-order valence-corrected chi connectivity index (χ0v) is 30.3. The first-order valence-corrected chi connectivity index (χ1v) is 19.3. The van der Waals surface area contributed by atoms with E-state index in [0.717, 1.165) is 70.3 Å². The Bertz CT molecular complexity index is 1510. The molecular formula is C33H49BrN6O3Si. The van der Waals surface area contributed by atoms with Crippen molar-refractivity contribution in [1.29, 1.82) is 0 Å². The number of fused-ring (bicyclic) bond motifs is 1. The van der Waals surface area contributed by atoms with Crippen LogP contribution in [0.1, 0.15) is 85.3 Å². The van der Waals surface area contributed by atoms with Crippen molar-refractivity contribution in [3.05, 3.63) is 52.3 Å². The molecule has 0 saturated heterocycles. The van der Waals surface area contributed by atoms with Gasteiger partial charge in [-0.2, -0.15) is 5.10 Å². The lowest BCUT2D eigenvalue weighted by molar-refractivity contribution is 0.0492. The molecule has 2 heterocycles. The number of carbonyl (C=O) groups is 1. The second kappa shape index (κ2) is 13.1. The minimum Gasteiger partial charge on any atom is -0.543 e. The van der Waals surface area contributed by atoms with Gasteiger partial charge in [0.1, 0.15) is 17.2 Å². The Morgan fingerprint density at radius 1 is 1.11 bits per heavy atom. The topological polar surface area (TPSA) is 115 Å². The van der Waals surface area contributed by atoms with Gasteiger partial charge < -0.3 is 25.5 Å². The Morgan fingerprint density at radius 2 is 1.77 bits per heavy atom. The second-order valence-electron chi connectivity index (χ2n) is 14.3. The Kier molecular flexibility index (Phi) is 10.1. The first kappa shape index (κ1) is 33.8. The van der Waals surface area contributed by atoms with E-state index in [-0.39, 0.29) is 23.2 Å². The predicted molar refractivity (Wildman–Crippen MR) is 186 cm³/mol. The molecule has 0 bridgehead atoms. The molecule has 2 aromatic heterocycles. The molecular weight excluding hydrogens is 636 g/mol. The van der Waals surface area contributed by atoms with Crippen molar-refractivity contribution in [2.24, 2.45) is 10.7 Å². The van der Waals surface area contributed by atoms with E-state index in [4.69, 9.17) is 19.9 Å². The number of aliphatic imine (C=N–C) groups is 1. The SMILES string of the molecule is CCc1cc(O[Si](C)(C)C(C)(C)C)ccc1/N=C(\N)c1cnn2cc(Br)cc2c1N[C@H]1CC[C@H](NC(=O)OC(C)(C)C)CC1. The van der Waals surface area contributed by atoms with Gasteiger partial charge in [-0.3, -0.25) is 0 Å². The van der Waals surface area contributed by atoms with E-state index in [1.807, 2.05) is 49.7 Å². The van der Waals surface area contributed by atoms with Crippen molar-refractivity contribution in [2.45, 2.75) is 116 Å². The van der Waals surface area contributed by atoms with Gasteiger partial charge in [0.05, 0.1) is 28.7 Å². The first-order chi connectivity index (χ1) is 20.5. The van der Waals surface area contributed by atoms with Crippen LogP contribution in [0.3, 0.4) is 0 Å². The van der Waals surface area contributed by atoms with E-state index in [2.05, 4.69) is 78.5 Å². The van der Waals surface area contributed by atoms with Crippen LogP contribution >= 0.6 is 15.9 Å². The molecule has 240 valence electrons. The summed E-state index contributed by atoms with van der Waals surface area (Å²) in [6, 6.07) is 8.43. The number of carbonyl (C=O) groups excluding carboxylic acids is 1. The number of aromatic nitrogens is 2. The van der Waals surface area contributed by atoms with E-state index in [1.54, 1.807) is 6.20 Å². The lowest BCUT2D eigenvalue weighted by Gasteiger charge is -2.36. The number of hydrogen-bond donors (Lipinski definition) is 3. The molecule has 1 saturated carbocycles. The number of hydrogen-bond acceptors (Lipinski definition) is 6. The Hall–Kier alpha value is -3.05. The van der Waals surface area contributed by atoms with Crippen molar-refractivity contribution in [3.63, 3.8) is 0 Å². The number of halogens is 1. The molecule has 1 aliphatic rings. The Morgan fingerprint density at radius 3 is 2.39 bits per heavy atom. The fourth-order valence-corrected chi connectivity index (χ4v) is 6.52. The van der Waals surface area contributed by atoms with Crippen molar-refractivity contribution >= 4 is 53.1 Å². The van der Waals surface area contributed by atoms with Gasteiger partial charge in [-0.15, -0.1) is 0 Å². The number of rotatable bonds is 8. The van der Waals surface area contributed by atoms with Gasteiger partial charge in [-0.05, 0) is 117 Å². The first-order valence-electron chi connectivity index (χ1n) is 15.5. The molecule has 1 fully saturated rings. The lowest BCUT2D eigenvalue weighted by atomic mass is 9.91. The number of ether oxygens (including phenoxy) is 1. The van der Waals surface area contributed by atoms with Gasteiger partial charge >= 0.3 is 6.09 Å². The maximum absolute atomic E-state index is 12.3. The third-order valence-corrected chi connectivity index (χ3v) is 13.3. The van der Waals surface area contributed by atoms with Crippen LogP contribution in [0, 0.1) is 0 Å². The van der Waals surface area contributed by atoms with Crippen LogP contribution < -0.4 is 20.8 Å². The van der Waals surface area contributed by atoms with Gasteiger partial charge in [0.25, 0.3) is 0 Å². The van der Waals surface area contributed by atoms with Crippen LogP contribution in [-0.2, 0) is 11.2 Å². The summed E-state index contributed by atoms with van der Waals surface area (Å²) in [5, 5.41) is 11.5. The van der Waals surface area contributed by atoms with E-state index < -0.39 is 13.9 Å². The van der Waals surface area contributed by atoms with Crippen LogP contribution in [0.4, 0.5) is 16.2 Å². The fourth-order valence-electron chi connectivity index (χ4n) is 5.09. The van der Waals surface area contributed by atoms with Gasteiger partial charge in [0, 0.05) is 22.8 Å². The van der Waals surface area contributed by atoms with Crippen molar-refractivity contribution < 1.29 is 14.0 Å². The molecule has 4 N–H and O–H groups in total. The summed E-state index contributed by atoms with van der Waals surface area (Å²) in [6.45, 7) is 19.0. The summed E-state index contributed by atoms with van der Waals surface area (Å²) in [6.07, 6.45) is 7.63. The minimum atomic E-state index is -1.97. The Labute approximate surface area is 271 Å². The third kappa shape index (κ3) is 8.35. The van der Waals surface area contributed by atoms with E-state index in [0.29, 0.717) is 5.84 Å². The molecule has 0 radical (unpaired) electrons. The quantitative estimate of drug-likeness (QED) is 0.125. The molecule has 11 heteroatoms. The molecule has 0 aliphatic heterocycles. The Balaban J connectivity index is 1.57. The molecule has 0 spiro atoms. The summed E-state index contributed by atoms with van der Waals surface area (Å²) in [4.78, 5) is 17.2. The summed E-state index contributed by atoms with van der Waals surface area (Å²) in [5.41, 5.74) is 10.7. The fraction of sp³-hybridized carbons (Fsp3) is 0.545. The molecule has 0 unspecified atom stereocenters. The van der Waals surface area contributed by atoms with Crippen LogP contribution in [0.2, 0.25) is 18.1 Å². The highest BCUT2D eigenvalue weighted by atomic mass is 79.9. The standard InChI is InChI=1S/C33H49BrN6O3Si/c1-10-21-17-25(43-44(8,9)33(5,6)7)15-16-27(21)39-30(35)26-19-36-40-20-22(34)18-28(40)29(26)37-23-11-13-24(14-12-23)38-31(41)42-32(2,3)4/h15-20,23-24,37H,10-14H2,1-9H3,(H2,35,39)(H,38,41)/t23-,24-. The van der Waals surface area contributed by atoms with Crippen molar-refractivity contribution in [1.82, 2.24) is 14.9 Å². The van der Waals surface area contributed by atoms with Crippen LogP contribution in [0.15, 0.2) is 46.1 Å². The molecule has 4 rings (SSSR count). The van der Waals surface area contributed by atoms with Gasteiger partial charge in [-0.25, -0.2) is 14.3 Å². The minimum absolute atomic E-state index is 0.0879. The van der Waals surface area contributed by atoms with E-state index >= 15 is 0 Å². The monoisotopic (exact) mass is 684 g/mol. The highest BCUT2D eigenvalue weighted by Gasteiger charge is 2.39. The number of nitrogens with two attached hydrogens (primary N) is 1. The molecule has 44 heavy (non-hydrogen) atoms. The molecule has 1 amide bonds. The molecule has 0 atom stereocenters. The normalized spacial score (nSPS) is 18.3. The van der Waals surface area contributed by atoms with Crippen molar-refractivity contribution in [3.8, 4) is 5.75 Å². The lowest BCUT2D eigenvalue weighted by Crippen LogP contribution is -2.43. The number of anilines is 1. The number of nitrogens with zero attached hydrogens (tertiary/aromatic N) is 3. The average Bonchev–Trinajstić information content (AvgIpc) is 3.29. The van der Waals surface area contributed by atoms with Crippen molar-refractivity contribution in [2.75, 3.05) is 5.32 Å². The van der Waals surface area contributed by atoms with Crippen LogP contribution in [0.5, 0.6) is 5.75 Å².